The van der Waals surface area contributed by atoms with Crippen LogP contribution in [-0.2, 0) is 19.1 Å². The first-order chi connectivity index (χ1) is 27.2. The molecule has 9 nitrogen and oxygen atoms in total. The zero-order valence-corrected chi connectivity index (χ0v) is 39.6. The fraction of sp³-hybridized carbons (Fsp3) is 0.939. The maximum Gasteiger partial charge on any atom is 0.228 e. The number of carbonyl (C=O) groups excluding carboxylic acids is 3. The standard InChI is InChI=1S/C17H32N2O.C16H30N2O.C16H29NO2/c1-16(2,3)14-17(8-6-5-7-9-17)15(20)19-12-10-18(4)11-13-19;1-15(2,3)13-16(7-5-4-6-8-16)14(19)18-11-9-17-10-12-18;1-15(2,3)13-16(7-5-4-6-8-16)14(18)17-9-11-19-12-10-17/h5-14H2,1-4H3;17H,4-13H2,1-3H3;4-13H2,1-3H3. The van der Waals surface area contributed by atoms with Crippen molar-refractivity contribution in [2.24, 2.45) is 32.5 Å². The molecule has 9 heteroatoms. The number of likely N-dealkylation sites (N-methyl/N-ethyl adjacent to an activating group) is 1. The summed E-state index contributed by atoms with van der Waals surface area (Å²) in [5, 5.41) is 3.34. The second kappa shape index (κ2) is 21.4. The second-order valence-corrected chi connectivity index (χ2v) is 23.3. The number of rotatable bonds is 6. The Hall–Kier alpha value is -1.71. The Balaban J connectivity index is 0.000000193. The normalized spacial score (nSPS) is 24.4. The lowest BCUT2D eigenvalue weighted by atomic mass is 9.65. The molecule has 0 spiro atoms. The second-order valence-electron chi connectivity index (χ2n) is 23.3. The van der Waals surface area contributed by atoms with Gasteiger partial charge >= 0.3 is 0 Å². The van der Waals surface area contributed by atoms with Crippen molar-refractivity contribution in [3.8, 4) is 0 Å². The Bertz CT molecular complexity index is 1190. The van der Waals surface area contributed by atoms with Crippen molar-refractivity contribution >= 4 is 17.7 Å². The van der Waals surface area contributed by atoms with Gasteiger partial charge in [0.1, 0.15) is 0 Å². The highest BCUT2D eigenvalue weighted by Gasteiger charge is 2.47. The molecule has 0 unspecified atom stereocenters. The number of ether oxygens (including phenoxy) is 1. The van der Waals surface area contributed by atoms with E-state index in [0.717, 1.165) is 123 Å². The van der Waals surface area contributed by atoms with E-state index in [1.54, 1.807) is 0 Å². The van der Waals surface area contributed by atoms with Crippen LogP contribution in [0.2, 0.25) is 0 Å². The van der Waals surface area contributed by atoms with Crippen LogP contribution in [0, 0.1) is 32.5 Å². The number of nitrogens with one attached hydrogen (secondary N) is 1. The maximum atomic E-state index is 13.2. The third kappa shape index (κ3) is 14.7. The molecule has 3 amide bonds. The van der Waals surface area contributed by atoms with Crippen LogP contribution in [0.1, 0.15) is 178 Å². The minimum Gasteiger partial charge on any atom is -0.378 e. The van der Waals surface area contributed by atoms with Crippen LogP contribution < -0.4 is 5.32 Å². The third-order valence-corrected chi connectivity index (χ3v) is 13.9. The fourth-order valence-electron chi connectivity index (χ4n) is 11.8. The minimum atomic E-state index is -0.0894. The summed E-state index contributed by atoms with van der Waals surface area (Å²) in [5.74, 6) is 1.31. The van der Waals surface area contributed by atoms with Crippen LogP contribution in [0.3, 0.4) is 0 Å². The van der Waals surface area contributed by atoms with Crippen LogP contribution in [0.15, 0.2) is 0 Å². The Labute approximate surface area is 356 Å². The van der Waals surface area contributed by atoms with Crippen LogP contribution >= 0.6 is 0 Å². The molecule has 0 aromatic heterocycles. The molecule has 6 rings (SSSR count). The summed E-state index contributed by atoms with van der Waals surface area (Å²) in [6.07, 6.45) is 21.0. The first-order valence-corrected chi connectivity index (χ1v) is 24.0. The molecule has 0 radical (unpaired) electrons. The van der Waals surface area contributed by atoms with Gasteiger partial charge in [-0.2, -0.15) is 0 Å². The van der Waals surface area contributed by atoms with Gasteiger partial charge in [-0.05, 0) is 81.1 Å². The number of carbonyl (C=O) groups is 3. The molecule has 1 N–H and O–H groups in total. The van der Waals surface area contributed by atoms with Gasteiger partial charge in [0.05, 0.1) is 13.2 Å². The summed E-state index contributed by atoms with van der Waals surface area (Å²) in [6, 6.07) is 0. The van der Waals surface area contributed by atoms with Gasteiger partial charge in [0, 0.05) is 81.7 Å². The predicted octanol–water partition coefficient (Wildman–Crippen LogP) is 9.18. The van der Waals surface area contributed by atoms with Crippen LogP contribution in [0.5, 0.6) is 0 Å². The van der Waals surface area contributed by atoms with Crippen LogP contribution in [0.4, 0.5) is 0 Å². The smallest absolute Gasteiger partial charge is 0.228 e. The van der Waals surface area contributed by atoms with Crippen molar-refractivity contribution in [2.45, 2.75) is 178 Å². The average Bonchev–Trinajstić information content (AvgIpc) is 3.17. The molecule has 3 aliphatic carbocycles. The summed E-state index contributed by atoms with van der Waals surface area (Å²) in [6.45, 7) is 31.0. The molecule has 3 saturated carbocycles. The molecule has 3 saturated heterocycles. The van der Waals surface area contributed by atoms with E-state index in [2.05, 4.69) is 94.3 Å². The number of hydrogen-bond acceptors (Lipinski definition) is 6. The summed E-state index contributed by atoms with van der Waals surface area (Å²) >= 11 is 0. The van der Waals surface area contributed by atoms with E-state index in [-0.39, 0.29) is 32.5 Å². The van der Waals surface area contributed by atoms with Crippen molar-refractivity contribution in [2.75, 3.05) is 85.7 Å². The molecule has 0 aromatic carbocycles. The molecule has 0 bridgehead atoms. The lowest BCUT2D eigenvalue weighted by molar-refractivity contribution is -0.150. The molecule has 6 aliphatic rings. The molecule has 336 valence electrons. The first-order valence-electron chi connectivity index (χ1n) is 24.0. The lowest BCUT2D eigenvalue weighted by Crippen LogP contribution is -2.53. The fourth-order valence-corrected chi connectivity index (χ4v) is 11.8. The zero-order valence-electron chi connectivity index (χ0n) is 39.6. The summed E-state index contributed by atoms with van der Waals surface area (Å²) in [4.78, 5) is 47.9. The Kier molecular flexibility index (Phi) is 18.1. The molecular weight excluding hydrogens is 723 g/mol. The largest absolute Gasteiger partial charge is 0.378 e. The van der Waals surface area contributed by atoms with Crippen LogP contribution in [0.25, 0.3) is 0 Å². The summed E-state index contributed by atoms with van der Waals surface area (Å²) < 4.78 is 5.38. The highest BCUT2D eigenvalue weighted by molar-refractivity contribution is 5.84. The van der Waals surface area contributed by atoms with Crippen molar-refractivity contribution in [1.29, 1.82) is 0 Å². The molecular formula is C49H91N5O4. The number of amides is 3. The van der Waals surface area contributed by atoms with E-state index in [1.165, 1.54) is 57.8 Å². The van der Waals surface area contributed by atoms with E-state index in [9.17, 15) is 14.4 Å². The first kappa shape index (κ1) is 49.0. The average molecular weight is 814 g/mol. The van der Waals surface area contributed by atoms with E-state index in [4.69, 9.17) is 4.74 Å². The van der Waals surface area contributed by atoms with E-state index in [1.807, 2.05) is 0 Å². The molecule has 6 fully saturated rings. The maximum absolute atomic E-state index is 13.2. The summed E-state index contributed by atoms with van der Waals surface area (Å²) in [5.41, 5.74) is 0.480. The van der Waals surface area contributed by atoms with Crippen molar-refractivity contribution in [1.82, 2.24) is 24.9 Å². The number of hydrogen-bond donors (Lipinski definition) is 1. The van der Waals surface area contributed by atoms with Gasteiger partial charge in [-0.3, -0.25) is 14.4 Å². The highest BCUT2D eigenvalue weighted by atomic mass is 16.5. The van der Waals surface area contributed by atoms with Gasteiger partial charge in [-0.25, -0.2) is 0 Å². The molecule has 3 heterocycles. The number of morpholine rings is 1. The topological polar surface area (TPSA) is 85.4 Å². The Morgan fingerprint density at radius 2 is 0.741 bits per heavy atom. The zero-order chi connectivity index (χ0) is 42.7. The Morgan fingerprint density at radius 1 is 0.448 bits per heavy atom. The monoisotopic (exact) mass is 814 g/mol. The van der Waals surface area contributed by atoms with E-state index >= 15 is 0 Å². The van der Waals surface area contributed by atoms with Crippen molar-refractivity contribution in [3.05, 3.63) is 0 Å². The Morgan fingerprint density at radius 3 is 1.05 bits per heavy atom. The SMILES string of the molecule is CC(C)(C)CC1(C(=O)N2CCNCC2)CCCCC1.CC(C)(C)CC1(C(=O)N2CCOCC2)CCCCC1.CN1CCN(C(=O)C2(CC(C)(C)C)CCCCC2)CC1. The van der Waals surface area contributed by atoms with Gasteiger partial charge in [-0.1, -0.05) is 120 Å². The van der Waals surface area contributed by atoms with Gasteiger partial charge in [-0.15, -0.1) is 0 Å². The van der Waals surface area contributed by atoms with Crippen molar-refractivity contribution in [3.63, 3.8) is 0 Å². The van der Waals surface area contributed by atoms with Crippen molar-refractivity contribution < 1.29 is 19.1 Å². The van der Waals surface area contributed by atoms with Crippen LogP contribution in [-0.4, -0.2) is 123 Å². The molecule has 58 heavy (non-hydrogen) atoms. The minimum absolute atomic E-state index is 0.0617. The number of nitrogens with zero attached hydrogens (tertiary/aromatic N) is 4. The van der Waals surface area contributed by atoms with E-state index in [0.29, 0.717) is 30.9 Å². The van der Waals surface area contributed by atoms with Gasteiger partial charge < -0.3 is 29.7 Å². The predicted molar refractivity (Wildman–Crippen MR) is 240 cm³/mol. The molecule has 3 aliphatic heterocycles. The molecule has 0 aromatic rings. The lowest BCUT2D eigenvalue weighted by Gasteiger charge is -2.45. The number of piperazine rings is 2. The molecule has 0 atom stereocenters. The van der Waals surface area contributed by atoms with Gasteiger partial charge in [0.15, 0.2) is 0 Å². The van der Waals surface area contributed by atoms with E-state index < -0.39 is 0 Å². The highest BCUT2D eigenvalue weighted by Crippen LogP contribution is 2.48. The summed E-state index contributed by atoms with van der Waals surface area (Å²) in [7, 11) is 2.15. The third-order valence-electron chi connectivity index (χ3n) is 13.9. The quantitative estimate of drug-likeness (QED) is 0.288. The van der Waals surface area contributed by atoms with Gasteiger partial charge in [0.25, 0.3) is 0 Å². The van der Waals surface area contributed by atoms with Gasteiger partial charge in [0.2, 0.25) is 17.7 Å².